The molecule has 9 heteroatoms. The smallest absolute Gasteiger partial charge is 0.479 e. The second-order valence-corrected chi connectivity index (χ2v) is 5.49. The molecule has 1 aromatic carbocycles. The van der Waals surface area contributed by atoms with Crippen molar-refractivity contribution in [3.63, 3.8) is 0 Å². The first kappa shape index (κ1) is 18.0. The van der Waals surface area contributed by atoms with E-state index in [0.29, 0.717) is 0 Å². The third-order valence-electron chi connectivity index (χ3n) is 3.76. The molecule has 0 aromatic heterocycles. The molecule has 1 aliphatic rings. The number of ether oxygens (including phenoxy) is 1. The predicted molar refractivity (Wildman–Crippen MR) is 74.1 cm³/mol. The highest BCUT2D eigenvalue weighted by Crippen LogP contribution is 2.29. The number of aliphatic carboxylic acids is 1. The molecule has 1 aliphatic heterocycles. The Labute approximate surface area is 134 Å². The average molecular weight is 349 g/mol. The first-order valence-corrected chi connectivity index (χ1v) is 7.14. The molecule has 5 nitrogen and oxygen atoms in total. The molecule has 1 aromatic rings. The molecule has 1 N–H and O–H groups in total. The summed E-state index contributed by atoms with van der Waals surface area (Å²) in [6.07, 6.45) is -5.35. The molecule has 0 aliphatic carbocycles. The fourth-order valence-corrected chi connectivity index (χ4v) is 2.49. The Morgan fingerprint density at radius 1 is 1.29 bits per heavy atom. The van der Waals surface area contributed by atoms with E-state index in [1.807, 2.05) is 0 Å². The molecule has 132 valence electrons. The number of benzene rings is 1. The zero-order chi connectivity index (χ0) is 18.0. The molecule has 0 radical (unpaired) electrons. The van der Waals surface area contributed by atoms with Crippen LogP contribution in [0, 0.1) is 0 Å². The van der Waals surface area contributed by atoms with Gasteiger partial charge in [0.25, 0.3) is 0 Å². The van der Waals surface area contributed by atoms with Gasteiger partial charge in [0.1, 0.15) is 5.75 Å². The summed E-state index contributed by atoms with van der Waals surface area (Å²) < 4.78 is 54.8. The van der Waals surface area contributed by atoms with E-state index >= 15 is 0 Å². The number of rotatable bonds is 5. The summed E-state index contributed by atoms with van der Waals surface area (Å²) in [5, 5.41) is 8.79. The molecule has 1 heterocycles. The second-order valence-electron chi connectivity index (χ2n) is 5.49. The number of amides is 1. The summed E-state index contributed by atoms with van der Waals surface area (Å²) in [4.78, 5) is 23.9. The van der Waals surface area contributed by atoms with Crippen LogP contribution in [0.4, 0.5) is 17.6 Å². The third-order valence-corrected chi connectivity index (χ3v) is 3.76. The van der Waals surface area contributed by atoms with Crippen molar-refractivity contribution in [2.24, 2.45) is 0 Å². The average Bonchev–Trinajstić information content (AvgIpc) is 2.88. The Balaban J connectivity index is 1.97. The van der Waals surface area contributed by atoms with Crippen LogP contribution in [0.3, 0.4) is 0 Å². The van der Waals surface area contributed by atoms with Gasteiger partial charge in [0.2, 0.25) is 11.6 Å². The van der Waals surface area contributed by atoms with E-state index in [9.17, 15) is 27.2 Å². The number of carboxylic acid groups (broad SMARTS) is 1. The van der Waals surface area contributed by atoms with Crippen LogP contribution < -0.4 is 4.74 Å². The van der Waals surface area contributed by atoms with Crippen LogP contribution in [-0.2, 0) is 16.0 Å². The lowest BCUT2D eigenvalue weighted by molar-refractivity contribution is -0.274. The fraction of sp³-hybridized carbons (Fsp3) is 0.467. The first-order chi connectivity index (χ1) is 11.1. The Morgan fingerprint density at radius 2 is 1.96 bits per heavy atom. The summed E-state index contributed by atoms with van der Waals surface area (Å²) >= 11 is 0. The molecule has 0 spiro atoms. The number of aryl methyl sites for hydroxylation is 1. The molecule has 1 atom stereocenters. The van der Waals surface area contributed by atoms with Crippen LogP contribution >= 0.6 is 0 Å². The highest BCUT2D eigenvalue weighted by atomic mass is 19.4. The Morgan fingerprint density at radius 3 is 2.54 bits per heavy atom. The number of alkyl halides is 4. The number of carbonyl (C=O) groups is 2. The van der Waals surface area contributed by atoms with Gasteiger partial charge in [-0.25, -0.2) is 9.18 Å². The molecular weight excluding hydrogens is 334 g/mol. The minimum absolute atomic E-state index is 0.0338. The van der Waals surface area contributed by atoms with Gasteiger partial charge < -0.3 is 14.7 Å². The largest absolute Gasteiger partial charge is 0.573 e. The highest BCUT2D eigenvalue weighted by molar-refractivity contribution is 5.82. The molecule has 0 saturated carbocycles. The highest BCUT2D eigenvalue weighted by Gasteiger charge is 2.46. The van der Waals surface area contributed by atoms with Gasteiger partial charge in [-0.3, -0.25) is 4.79 Å². The topological polar surface area (TPSA) is 66.8 Å². The van der Waals surface area contributed by atoms with Gasteiger partial charge in [0.15, 0.2) is 0 Å². The maximum Gasteiger partial charge on any atom is 0.573 e. The van der Waals surface area contributed by atoms with Gasteiger partial charge in [-0.2, -0.15) is 0 Å². The lowest BCUT2D eigenvalue weighted by atomic mass is 10.1. The van der Waals surface area contributed by atoms with E-state index < -0.39 is 36.2 Å². The molecule has 1 fully saturated rings. The Bertz CT molecular complexity index is 634. The van der Waals surface area contributed by atoms with Crippen LogP contribution in [0.15, 0.2) is 24.3 Å². The van der Waals surface area contributed by atoms with Gasteiger partial charge in [0, 0.05) is 19.4 Å². The number of hydrogen-bond donors (Lipinski definition) is 1. The molecule has 1 unspecified atom stereocenters. The SMILES string of the molecule is O=C(CCc1ccccc1OC(F)(F)F)N1CCC(F)(C(=O)O)C1. The molecule has 2 rings (SSSR count). The normalized spacial score (nSPS) is 20.9. The number of hydrogen-bond acceptors (Lipinski definition) is 3. The quantitative estimate of drug-likeness (QED) is 0.830. The Kier molecular flexibility index (Phi) is 5.00. The van der Waals surface area contributed by atoms with E-state index in [2.05, 4.69) is 4.74 Å². The van der Waals surface area contributed by atoms with Crippen LogP contribution in [0.2, 0.25) is 0 Å². The van der Waals surface area contributed by atoms with Crippen LogP contribution in [-0.4, -0.2) is 47.0 Å². The van der Waals surface area contributed by atoms with Crippen LogP contribution in [0.1, 0.15) is 18.4 Å². The second kappa shape index (κ2) is 6.66. The summed E-state index contributed by atoms with van der Waals surface area (Å²) in [5.74, 6) is -2.54. The maximum absolute atomic E-state index is 13.9. The van der Waals surface area contributed by atoms with E-state index in [-0.39, 0.29) is 31.4 Å². The number of carboxylic acids is 1. The van der Waals surface area contributed by atoms with E-state index in [0.717, 1.165) is 11.0 Å². The fourth-order valence-electron chi connectivity index (χ4n) is 2.49. The lowest BCUT2D eigenvalue weighted by Gasteiger charge is -2.18. The van der Waals surface area contributed by atoms with Gasteiger partial charge in [-0.15, -0.1) is 13.2 Å². The zero-order valence-electron chi connectivity index (χ0n) is 12.5. The first-order valence-electron chi connectivity index (χ1n) is 7.14. The molecule has 0 bridgehead atoms. The minimum Gasteiger partial charge on any atom is -0.479 e. The maximum atomic E-state index is 13.9. The Hall–Kier alpha value is -2.32. The minimum atomic E-state index is -4.84. The van der Waals surface area contributed by atoms with Crippen LogP contribution in [0.5, 0.6) is 5.75 Å². The molecular formula is C15H15F4NO4. The van der Waals surface area contributed by atoms with Crippen molar-refractivity contribution in [1.82, 2.24) is 4.90 Å². The van der Waals surface area contributed by atoms with Crippen molar-refractivity contribution in [2.45, 2.75) is 31.3 Å². The number of likely N-dealkylation sites (tertiary alicyclic amines) is 1. The van der Waals surface area contributed by atoms with Crippen molar-refractivity contribution >= 4 is 11.9 Å². The lowest BCUT2D eigenvalue weighted by Crippen LogP contribution is -2.39. The van der Waals surface area contributed by atoms with Gasteiger partial charge in [-0.1, -0.05) is 18.2 Å². The van der Waals surface area contributed by atoms with E-state index in [1.54, 1.807) is 0 Å². The zero-order valence-corrected chi connectivity index (χ0v) is 12.5. The molecule has 24 heavy (non-hydrogen) atoms. The summed E-state index contributed by atoms with van der Waals surface area (Å²) in [6, 6.07) is 5.42. The van der Waals surface area contributed by atoms with Crippen molar-refractivity contribution in [2.75, 3.05) is 13.1 Å². The van der Waals surface area contributed by atoms with Crippen LogP contribution in [0.25, 0.3) is 0 Å². The van der Waals surface area contributed by atoms with E-state index in [1.165, 1.54) is 18.2 Å². The van der Waals surface area contributed by atoms with Crippen molar-refractivity contribution in [3.8, 4) is 5.75 Å². The van der Waals surface area contributed by atoms with Gasteiger partial charge in [0.05, 0.1) is 6.54 Å². The monoisotopic (exact) mass is 349 g/mol. The summed E-state index contributed by atoms with van der Waals surface area (Å²) in [7, 11) is 0. The van der Waals surface area contributed by atoms with Crippen molar-refractivity contribution in [1.29, 1.82) is 0 Å². The number of carbonyl (C=O) groups excluding carboxylic acids is 1. The summed E-state index contributed by atoms with van der Waals surface area (Å²) in [5.41, 5.74) is -2.28. The number of para-hydroxylation sites is 1. The number of nitrogens with zero attached hydrogens (tertiary/aromatic N) is 1. The van der Waals surface area contributed by atoms with Crippen molar-refractivity contribution in [3.05, 3.63) is 29.8 Å². The molecule has 1 amide bonds. The van der Waals surface area contributed by atoms with Crippen molar-refractivity contribution < 1.29 is 37.0 Å². The van der Waals surface area contributed by atoms with Gasteiger partial charge in [-0.05, 0) is 18.1 Å². The molecule has 1 saturated heterocycles. The van der Waals surface area contributed by atoms with Gasteiger partial charge >= 0.3 is 12.3 Å². The third kappa shape index (κ3) is 4.36. The predicted octanol–water partition coefficient (Wildman–Crippen LogP) is 2.54. The van der Waals surface area contributed by atoms with E-state index in [4.69, 9.17) is 5.11 Å². The number of halogens is 4. The summed E-state index contributed by atoms with van der Waals surface area (Å²) in [6.45, 7) is -0.593. The standard InChI is InChI=1S/C15H15F4NO4/c16-14(13(22)23)7-8-20(9-14)12(21)6-5-10-3-1-2-4-11(10)24-15(17,18)19/h1-4H,5-9H2,(H,22,23).